The lowest BCUT2D eigenvalue weighted by Gasteiger charge is -2.25. The van der Waals surface area contributed by atoms with Gasteiger partial charge >= 0.3 is 0 Å². The Hall–Kier alpha value is -0.860. The fraction of sp³-hybridized carbons (Fsp3) is 0.667. The van der Waals surface area contributed by atoms with E-state index in [-0.39, 0.29) is 0 Å². The summed E-state index contributed by atoms with van der Waals surface area (Å²) in [7, 11) is 0. The number of rotatable bonds is 3. The minimum Gasteiger partial charge on any atom is -0.298 e. The molecule has 3 aliphatic carbocycles. The quantitative estimate of drug-likeness (QED) is 0.847. The SMILES string of the molecule is c1ccc2c(c1)CC1CCC(C2)C1NOC1CCCC1. The van der Waals surface area contributed by atoms with E-state index in [0.717, 1.165) is 11.8 Å². The van der Waals surface area contributed by atoms with Crippen LogP contribution in [0.4, 0.5) is 0 Å². The van der Waals surface area contributed by atoms with Crippen LogP contribution >= 0.6 is 0 Å². The predicted molar refractivity (Wildman–Crippen MR) is 80.3 cm³/mol. The van der Waals surface area contributed by atoms with Gasteiger partial charge in [0.25, 0.3) is 0 Å². The van der Waals surface area contributed by atoms with Gasteiger partial charge in [-0.1, -0.05) is 37.1 Å². The number of hydroxylamine groups is 1. The lowest BCUT2D eigenvalue weighted by molar-refractivity contribution is -0.0539. The zero-order valence-electron chi connectivity index (χ0n) is 12.2. The minimum absolute atomic E-state index is 0.472. The van der Waals surface area contributed by atoms with Gasteiger partial charge in [-0.2, -0.15) is 5.48 Å². The molecule has 0 heterocycles. The zero-order valence-corrected chi connectivity index (χ0v) is 12.2. The Balaban J connectivity index is 1.46. The van der Waals surface area contributed by atoms with Gasteiger partial charge in [0.15, 0.2) is 0 Å². The summed E-state index contributed by atoms with van der Waals surface area (Å²) in [6, 6.07) is 9.60. The summed E-state index contributed by atoms with van der Waals surface area (Å²) in [4.78, 5) is 6.03. The molecule has 0 amide bonds. The molecule has 1 aromatic carbocycles. The van der Waals surface area contributed by atoms with Crippen LogP contribution < -0.4 is 5.48 Å². The first-order valence-corrected chi connectivity index (χ1v) is 8.38. The van der Waals surface area contributed by atoms with E-state index in [4.69, 9.17) is 4.84 Å². The standard InChI is InChI=1S/C18H25NO/c1-2-6-14-12-16-10-9-15(11-13(14)5-1)18(16)19-20-17-7-3-4-8-17/h1-2,5-6,15-19H,3-4,7-12H2. The smallest absolute Gasteiger partial charge is 0.0790 e. The lowest BCUT2D eigenvalue weighted by Crippen LogP contribution is -2.40. The summed E-state index contributed by atoms with van der Waals surface area (Å²) in [6.07, 6.45) is 10.8. The van der Waals surface area contributed by atoms with Crippen LogP contribution in [0.3, 0.4) is 0 Å². The van der Waals surface area contributed by atoms with Gasteiger partial charge in [-0.3, -0.25) is 4.84 Å². The molecule has 2 fully saturated rings. The molecule has 20 heavy (non-hydrogen) atoms. The Kier molecular flexibility index (Phi) is 3.53. The van der Waals surface area contributed by atoms with Gasteiger partial charge in [0, 0.05) is 6.04 Å². The van der Waals surface area contributed by atoms with Gasteiger partial charge in [-0.05, 0) is 61.5 Å². The summed E-state index contributed by atoms with van der Waals surface area (Å²) in [5, 5.41) is 0. The van der Waals surface area contributed by atoms with Gasteiger partial charge in [-0.25, -0.2) is 0 Å². The third-order valence-corrected chi connectivity index (χ3v) is 5.68. The Morgan fingerprint density at radius 1 is 0.850 bits per heavy atom. The third-order valence-electron chi connectivity index (χ3n) is 5.68. The van der Waals surface area contributed by atoms with E-state index in [1.165, 1.54) is 51.4 Å². The topological polar surface area (TPSA) is 21.3 Å². The highest BCUT2D eigenvalue weighted by Crippen LogP contribution is 2.40. The Labute approximate surface area is 121 Å². The van der Waals surface area contributed by atoms with Crippen molar-refractivity contribution in [1.29, 1.82) is 0 Å². The molecule has 0 aromatic heterocycles. The highest BCUT2D eigenvalue weighted by Gasteiger charge is 2.39. The molecule has 2 heteroatoms. The van der Waals surface area contributed by atoms with Gasteiger partial charge < -0.3 is 0 Å². The number of hydrogen-bond donors (Lipinski definition) is 1. The Morgan fingerprint density at radius 3 is 2.05 bits per heavy atom. The summed E-state index contributed by atoms with van der Waals surface area (Å²) in [6.45, 7) is 0. The van der Waals surface area contributed by atoms with Crippen LogP contribution in [0, 0.1) is 11.8 Å². The van der Waals surface area contributed by atoms with Gasteiger partial charge in [0.05, 0.1) is 6.10 Å². The maximum Gasteiger partial charge on any atom is 0.0790 e. The molecule has 0 saturated heterocycles. The molecule has 2 unspecified atom stereocenters. The Bertz CT molecular complexity index is 433. The van der Waals surface area contributed by atoms with Gasteiger partial charge in [-0.15, -0.1) is 0 Å². The second-order valence-electron chi connectivity index (χ2n) is 6.94. The highest BCUT2D eigenvalue weighted by molar-refractivity contribution is 5.30. The van der Waals surface area contributed by atoms with E-state index in [1.807, 2.05) is 0 Å². The average Bonchev–Trinajstić information content (AvgIpc) is 3.04. The van der Waals surface area contributed by atoms with Crippen LogP contribution in [0.1, 0.15) is 49.7 Å². The number of nitrogens with one attached hydrogen (secondary N) is 1. The van der Waals surface area contributed by atoms with Gasteiger partial charge in [0.1, 0.15) is 0 Å². The highest BCUT2D eigenvalue weighted by atomic mass is 16.7. The van der Waals surface area contributed by atoms with Crippen molar-refractivity contribution >= 4 is 0 Å². The first-order chi connectivity index (χ1) is 9.90. The number of hydrogen-bond acceptors (Lipinski definition) is 2. The van der Waals surface area contributed by atoms with Gasteiger partial charge in [0.2, 0.25) is 0 Å². The van der Waals surface area contributed by atoms with Crippen molar-refractivity contribution in [3.63, 3.8) is 0 Å². The van der Waals surface area contributed by atoms with Crippen molar-refractivity contribution in [2.75, 3.05) is 0 Å². The molecule has 108 valence electrons. The second kappa shape index (κ2) is 5.50. The first-order valence-electron chi connectivity index (χ1n) is 8.38. The normalized spacial score (nSPS) is 33.1. The summed E-state index contributed by atoms with van der Waals surface area (Å²) in [5.41, 5.74) is 6.65. The van der Waals surface area contributed by atoms with Crippen molar-refractivity contribution in [2.45, 2.75) is 63.5 Å². The first kappa shape index (κ1) is 12.8. The molecule has 2 bridgehead atoms. The molecule has 4 rings (SSSR count). The summed E-state index contributed by atoms with van der Waals surface area (Å²) in [5.74, 6) is 1.54. The lowest BCUT2D eigenvalue weighted by atomic mass is 9.94. The number of fused-ring (bicyclic) bond motifs is 3. The van der Waals surface area contributed by atoms with Crippen molar-refractivity contribution in [3.8, 4) is 0 Å². The molecule has 2 atom stereocenters. The number of benzene rings is 1. The molecule has 2 saturated carbocycles. The molecule has 0 radical (unpaired) electrons. The largest absolute Gasteiger partial charge is 0.298 e. The van der Waals surface area contributed by atoms with Crippen molar-refractivity contribution in [2.24, 2.45) is 11.8 Å². The molecular weight excluding hydrogens is 246 g/mol. The fourth-order valence-corrected chi connectivity index (χ4v) is 4.52. The van der Waals surface area contributed by atoms with E-state index >= 15 is 0 Å². The van der Waals surface area contributed by atoms with E-state index in [9.17, 15) is 0 Å². The van der Waals surface area contributed by atoms with Crippen LogP contribution in [0.5, 0.6) is 0 Å². The molecule has 1 aromatic rings. The monoisotopic (exact) mass is 271 g/mol. The van der Waals surface area contributed by atoms with Crippen molar-refractivity contribution < 1.29 is 4.84 Å². The second-order valence-corrected chi connectivity index (χ2v) is 6.94. The molecule has 0 aliphatic heterocycles. The zero-order chi connectivity index (χ0) is 13.4. The molecule has 2 nitrogen and oxygen atoms in total. The average molecular weight is 271 g/mol. The molecule has 1 N–H and O–H groups in total. The van der Waals surface area contributed by atoms with Crippen molar-refractivity contribution in [1.82, 2.24) is 5.48 Å². The van der Waals surface area contributed by atoms with Crippen molar-refractivity contribution in [3.05, 3.63) is 35.4 Å². The Morgan fingerprint density at radius 2 is 1.45 bits per heavy atom. The van der Waals surface area contributed by atoms with E-state index < -0.39 is 0 Å². The summed E-state index contributed by atoms with van der Waals surface area (Å²) < 4.78 is 0. The fourth-order valence-electron chi connectivity index (χ4n) is 4.52. The maximum atomic E-state index is 6.03. The van der Waals surface area contributed by atoms with Crippen LogP contribution in [-0.4, -0.2) is 12.1 Å². The van der Waals surface area contributed by atoms with E-state index in [2.05, 4.69) is 29.7 Å². The molecule has 0 spiro atoms. The maximum absolute atomic E-state index is 6.03. The third kappa shape index (κ3) is 2.40. The molecular formula is C18H25NO. The molecule has 3 aliphatic rings. The minimum atomic E-state index is 0.472. The predicted octanol–water partition coefficient (Wildman–Crippen LogP) is 3.64. The van der Waals surface area contributed by atoms with Crippen LogP contribution in [0.2, 0.25) is 0 Å². The van der Waals surface area contributed by atoms with Crippen LogP contribution in [0.25, 0.3) is 0 Å². The van der Waals surface area contributed by atoms with E-state index in [0.29, 0.717) is 12.1 Å². The summed E-state index contributed by atoms with van der Waals surface area (Å²) >= 11 is 0. The van der Waals surface area contributed by atoms with Crippen LogP contribution in [-0.2, 0) is 17.7 Å². The van der Waals surface area contributed by atoms with Crippen LogP contribution in [0.15, 0.2) is 24.3 Å². The van der Waals surface area contributed by atoms with E-state index in [1.54, 1.807) is 11.1 Å².